The third-order valence-corrected chi connectivity index (χ3v) is 4.27. The van der Waals surface area contributed by atoms with Gasteiger partial charge in [-0.15, -0.1) is 0 Å². The molecule has 1 fully saturated rings. The Bertz CT molecular complexity index is 989. The lowest BCUT2D eigenvalue weighted by Crippen LogP contribution is -1.96. The summed E-state index contributed by atoms with van der Waals surface area (Å²) in [7, 11) is 1.54. The summed E-state index contributed by atoms with van der Waals surface area (Å²) < 4.78 is 17.2. The number of methoxy groups -OCH3 is 1. The van der Waals surface area contributed by atoms with Gasteiger partial charge in [-0.1, -0.05) is 30.3 Å². The van der Waals surface area contributed by atoms with Gasteiger partial charge in [0, 0.05) is 11.6 Å². The van der Waals surface area contributed by atoms with Crippen LogP contribution in [-0.2, 0) is 0 Å². The molecule has 0 amide bonds. The van der Waals surface area contributed by atoms with Crippen LogP contribution in [-0.4, -0.2) is 18.2 Å². The maximum absolute atomic E-state index is 8.99. The van der Waals surface area contributed by atoms with Gasteiger partial charge in [-0.25, -0.2) is 4.98 Å². The van der Waals surface area contributed by atoms with E-state index in [1.807, 2.05) is 54.6 Å². The van der Waals surface area contributed by atoms with Crippen molar-refractivity contribution in [1.29, 1.82) is 5.26 Å². The van der Waals surface area contributed by atoms with Crippen LogP contribution < -0.4 is 14.2 Å². The molecule has 1 heterocycles. The largest absolute Gasteiger partial charge is 0.493 e. The van der Waals surface area contributed by atoms with Crippen LogP contribution in [0.1, 0.15) is 18.5 Å². The second-order valence-electron chi connectivity index (χ2n) is 6.27. The summed E-state index contributed by atoms with van der Waals surface area (Å²) in [5.41, 5.74) is 2.25. The minimum Gasteiger partial charge on any atom is -0.493 e. The van der Waals surface area contributed by atoms with Crippen LogP contribution in [0.15, 0.2) is 60.8 Å². The molecule has 5 nitrogen and oxygen atoms in total. The minimum atomic E-state index is 0.277. The number of benzene rings is 2. The average Bonchev–Trinajstić information content (AvgIpc) is 3.53. The maximum Gasteiger partial charge on any atom is 0.187 e. The van der Waals surface area contributed by atoms with E-state index in [1.165, 1.54) is 13.3 Å². The number of pyridine rings is 1. The number of rotatable bonds is 6. The molecule has 1 saturated carbocycles. The molecule has 0 atom stereocenters. The van der Waals surface area contributed by atoms with E-state index in [1.54, 1.807) is 6.07 Å². The van der Waals surface area contributed by atoms with Crippen LogP contribution >= 0.6 is 0 Å². The summed E-state index contributed by atoms with van der Waals surface area (Å²) >= 11 is 0. The Hall–Kier alpha value is -3.52. The summed E-state index contributed by atoms with van der Waals surface area (Å²) in [4.78, 5) is 4.07. The van der Waals surface area contributed by atoms with Gasteiger partial charge in [0.2, 0.25) is 0 Å². The number of hydrogen-bond donors (Lipinski definition) is 0. The number of hydrogen-bond acceptors (Lipinski definition) is 5. The molecule has 0 aliphatic heterocycles. The zero-order valence-electron chi connectivity index (χ0n) is 14.9. The molecular weight excluding hydrogens is 340 g/mol. The minimum absolute atomic E-state index is 0.277. The van der Waals surface area contributed by atoms with Gasteiger partial charge >= 0.3 is 0 Å². The standard InChI is InChI=1S/C22H18N2O3/c1-25-21-12-16(13-23)24-14-22(21)27-20-5-3-2-4-19(20)15-6-8-17(9-7-15)26-18-10-11-18/h2-9,12,14,18H,10-11H2,1H3. The van der Waals surface area contributed by atoms with Gasteiger partial charge in [-0.2, -0.15) is 5.26 Å². The van der Waals surface area contributed by atoms with E-state index in [0.717, 1.165) is 29.7 Å². The fraction of sp³-hybridized carbons (Fsp3) is 0.182. The van der Waals surface area contributed by atoms with Gasteiger partial charge in [0.15, 0.2) is 11.5 Å². The predicted molar refractivity (Wildman–Crippen MR) is 101 cm³/mol. The lowest BCUT2D eigenvalue weighted by atomic mass is 10.0. The van der Waals surface area contributed by atoms with Crippen molar-refractivity contribution in [2.75, 3.05) is 7.11 Å². The molecule has 27 heavy (non-hydrogen) atoms. The van der Waals surface area contributed by atoms with Crippen LogP contribution in [0.4, 0.5) is 0 Å². The van der Waals surface area contributed by atoms with Gasteiger partial charge in [0.05, 0.1) is 19.4 Å². The first-order chi connectivity index (χ1) is 13.3. The fourth-order valence-electron chi connectivity index (χ4n) is 2.73. The zero-order valence-corrected chi connectivity index (χ0v) is 14.9. The summed E-state index contributed by atoms with van der Waals surface area (Å²) in [6.07, 6.45) is 4.15. The second kappa shape index (κ2) is 7.38. The Balaban J connectivity index is 1.62. The number of nitriles is 1. The van der Waals surface area contributed by atoms with E-state index in [-0.39, 0.29) is 5.69 Å². The highest BCUT2D eigenvalue weighted by atomic mass is 16.5. The van der Waals surface area contributed by atoms with Crippen LogP contribution in [0.2, 0.25) is 0 Å². The van der Waals surface area contributed by atoms with E-state index in [9.17, 15) is 0 Å². The van der Waals surface area contributed by atoms with Crippen LogP contribution in [0, 0.1) is 11.3 Å². The van der Waals surface area contributed by atoms with Crippen molar-refractivity contribution in [1.82, 2.24) is 4.98 Å². The van der Waals surface area contributed by atoms with Gasteiger partial charge in [0.1, 0.15) is 23.3 Å². The highest BCUT2D eigenvalue weighted by molar-refractivity contribution is 5.71. The number of aromatic nitrogens is 1. The Morgan fingerprint density at radius 1 is 1.00 bits per heavy atom. The molecule has 1 aliphatic carbocycles. The van der Waals surface area contributed by atoms with Crippen molar-refractivity contribution >= 4 is 0 Å². The fourth-order valence-corrected chi connectivity index (χ4v) is 2.73. The number of para-hydroxylation sites is 1. The quantitative estimate of drug-likeness (QED) is 0.623. The monoisotopic (exact) mass is 358 g/mol. The Labute approximate surface area is 157 Å². The van der Waals surface area contributed by atoms with Crippen molar-refractivity contribution in [2.45, 2.75) is 18.9 Å². The predicted octanol–water partition coefficient (Wildman–Crippen LogP) is 4.96. The van der Waals surface area contributed by atoms with Gasteiger partial charge < -0.3 is 14.2 Å². The van der Waals surface area contributed by atoms with Crippen molar-refractivity contribution in [3.05, 3.63) is 66.5 Å². The molecule has 1 aliphatic rings. The lowest BCUT2D eigenvalue weighted by molar-refractivity contribution is 0.303. The topological polar surface area (TPSA) is 64.4 Å². The Kier molecular flexibility index (Phi) is 4.63. The van der Waals surface area contributed by atoms with Crippen molar-refractivity contribution in [3.63, 3.8) is 0 Å². The molecule has 0 N–H and O–H groups in total. The van der Waals surface area contributed by atoms with E-state index >= 15 is 0 Å². The molecule has 4 rings (SSSR count). The number of ether oxygens (including phenoxy) is 3. The van der Waals surface area contributed by atoms with Gasteiger partial charge in [-0.3, -0.25) is 0 Å². The van der Waals surface area contributed by atoms with Crippen LogP contribution in [0.5, 0.6) is 23.0 Å². The molecule has 5 heteroatoms. The van der Waals surface area contributed by atoms with Gasteiger partial charge in [0.25, 0.3) is 0 Å². The Morgan fingerprint density at radius 2 is 1.78 bits per heavy atom. The van der Waals surface area contributed by atoms with Crippen LogP contribution in [0.25, 0.3) is 11.1 Å². The molecule has 0 saturated heterocycles. The molecular formula is C22H18N2O3. The summed E-state index contributed by atoms with van der Waals surface area (Å²) in [5.74, 6) is 2.48. The molecule has 2 aromatic carbocycles. The van der Waals surface area contributed by atoms with E-state index in [0.29, 0.717) is 23.4 Å². The van der Waals surface area contributed by atoms with Crippen molar-refractivity contribution < 1.29 is 14.2 Å². The van der Waals surface area contributed by atoms with E-state index < -0.39 is 0 Å². The zero-order chi connectivity index (χ0) is 18.6. The SMILES string of the molecule is COc1cc(C#N)ncc1Oc1ccccc1-c1ccc(OC2CC2)cc1. The normalized spacial score (nSPS) is 12.9. The second-order valence-corrected chi connectivity index (χ2v) is 6.27. The van der Waals surface area contributed by atoms with E-state index in [2.05, 4.69) is 4.98 Å². The maximum atomic E-state index is 8.99. The highest BCUT2D eigenvalue weighted by Crippen LogP contribution is 2.37. The first-order valence-corrected chi connectivity index (χ1v) is 8.75. The summed E-state index contributed by atoms with van der Waals surface area (Å²) in [6.45, 7) is 0. The molecule has 0 unspecified atom stereocenters. The third-order valence-electron chi connectivity index (χ3n) is 4.27. The third kappa shape index (κ3) is 3.85. The molecule has 3 aromatic rings. The van der Waals surface area contributed by atoms with Crippen molar-refractivity contribution in [3.8, 4) is 40.2 Å². The summed E-state index contributed by atoms with van der Waals surface area (Å²) in [6, 6.07) is 19.3. The molecule has 1 aromatic heterocycles. The first kappa shape index (κ1) is 16.9. The molecule has 0 bridgehead atoms. The molecule has 0 radical (unpaired) electrons. The Morgan fingerprint density at radius 3 is 2.48 bits per heavy atom. The number of nitrogens with zero attached hydrogens (tertiary/aromatic N) is 2. The van der Waals surface area contributed by atoms with Gasteiger partial charge in [-0.05, 0) is 36.6 Å². The lowest BCUT2D eigenvalue weighted by Gasteiger charge is -2.14. The van der Waals surface area contributed by atoms with Crippen LogP contribution in [0.3, 0.4) is 0 Å². The van der Waals surface area contributed by atoms with Crippen molar-refractivity contribution in [2.24, 2.45) is 0 Å². The smallest absolute Gasteiger partial charge is 0.187 e. The molecule has 0 spiro atoms. The highest BCUT2D eigenvalue weighted by Gasteiger charge is 2.23. The molecule has 134 valence electrons. The summed E-state index contributed by atoms with van der Waals surface area (Å²) in [5, 5.41) is 8.99. The average molecular weight is 358 g/mol. The first-order valence-electron chi connectivity index (χ1n) is 8.75. The van der Waals surface area contributed by atoms with E-state index in [4.69, 9.17) is 19.5 Å².